The molecule has 5 nitrogen and oxygen atoms in total. The SMILES string of the molecule is O=[N+]([O-])c1cc(C2Nc3ccc(Nc4ccccc4)cc3C3C=CCC32)ccc1Cl. The summed E-state index contributed by atoms with van der Waals surface area (Å²) in [5.74, 6) is 0.559. The van der Waals surface area contributed by atoms with Crippen LogP contribution >= 0.6 is 11.6 Å². The normalized spacial score (nSPS) is 21.4. The summed E-state index contributed by atoms with van der Waals surface area (Å²) in [5.41, 5.74) is 5.24. The Bertz CT molecular complexity index is 1150. The number of rotatable bonds is 4. The minimum absolute atomic E-state index is 0.0126. The lowest BCUT2D eigenvalue weighted by atomic mass is 9.77. The van der Waals surface area contributed by atoms with Crippen molar-refractivity contribution in [3.8, 4) is 0 Å². The van der Waals surface area contributed by atoms with E-state index in [9.17, 15) is 10.1 Å². The smallest absolute Gasteiger partial charge is 0.288 e. The van der Waals surface area contributed by atoms with Gasteiger partial charge < -0.3 is 10.6 Å². The third-order valence-electron chi connectivity index (χ3n) is 5.95. The second-order valence-corrected chi connectivity index (χ2v) is 8.14. The first-order chi connectivity index (χ1) is 14.6. The fourth-order valence-corrected chi connectivity index (χ4v) is 4.74. The maximum absolute atomic E-state index is 11.4. The first-order valence-corrected chi connectivity index (χ1v) is 10.3. The average molecular weight is 418 g/mol. The monoisotopic (exact) mass is 417 g/mol. The first kappa shape index (κ1) is 18.7. The van der Waals surface area contributed by atoms with Gasteiger partial charge >= 0.3 is 0 Å². The Balaban J connectivity index is 1.49. The highest BCUT2D eigenvalue weighted by Crippen LogP contribution is 2.51. The molecule has 0 saturated carbocycles. The van der Waals surface area contributed by atoms with Gasteiger partial charge in [-0.3, -0.25) is 10.1 Å². The second-order valence-electron chi connectivity index (χ2n) is 7.74. The van der Waals surface area contributed by atoms with Crippen LogP contribution in [0.3, 0.4) is 0 Å². The molecule has 2 aliphatic rings. The number of halogens is 1. The lowest BCUT2D eigenvalue weighted by Crippen LogP contribution is -2.29. The molecule has 1 heterocycles. The number of para-hydroxylation sites is 1. The summed E-state index contributed by atoms with van der Waals surface area (Å²) in [6, 6.07) is 21.5. The maximum Gasteiger partial charge on any atom is 0.288 e. The molecule has 0 saturated heterocycles. The molecular formula is C24H20ClN3O2. The predicted molar refractivity (Wildman–Crippen MR) is 121 cm³/mol. The van der Waals surface area contributed by atoms with Gasteiger partial charge in [-0.15, -0.1) is 0 Å². The highest BCUT2D eigenvalue weighted by atomic mass is 35.5. The van der Waals surface area contributed by atoms with Gasteiger partial charge in [-0.1, -0.05) is 48.0 Å². The summed E-state index contributed by atoms with van der Waals surface area (Å²) in [7, 11) is 0. The molecule has 3 atom stereocenters. The van der Waals surface area contributed by atoms with Crippen LogP contribution in [0.2, 0.25) is 5.02 Å². The molecular weight excluding hydrogens is 398 g/mol. The van der Waals surface area contributed by atoms with Crippen molar-refractivity contribution in [2.24, 2.45) is 5.92 Å². The Labute approximate surface area is 179 Å². The van der Waals surface area contributed by atoms with Crippen LogP contribution < -0.4 is 10.6 Å². The van der Waals surface area contributed by atoms with Gasteiger partial charge in [0.2, 0.25) is 0 Å². The van der Waals surface area contributed by atoms with Gasteiger partial charge in [0.1, 0.15) is 5.02 Å². The van der Waals surface area contributed by atoms with E-state index in [1.54, 1.807) is 12.1 Å². The van der Waals surface area contributed by atoms with E-state index in [1.165, 1.54) is 5.56 Å². The molecule has 0 amide bonds. The van der Waals surface area contributed by atoms with E-state index in [0.29, 0.717) is 5.92 Å². The fourth-order valence-electron chi connectivity index (χ4n) is 4.55. The predicted octanol–water partition coefficient (Wildman–Crippen LogP) is 6.82. The van der Waals surface area contributed by atoms with Crippen LogP contribution in [0.15, 0.2) is 78.9 Å². The molecule has 3 aromatic rings. The highest BCUT2D eigenvalue weighted by molar-refractivity contribution is 6.32. The van der Waals surface area contributed by atoms with Crippen molar-refractivity contribution < 1.29 is 4.92 Å². The Hall–Kier alpha value is -3.31. The largest absolute Gasteiger partial charge is 0.378 e. The quantitative estimate of drug-likeness (QED) is 0.277. The third kappa shape index (κ3) is 3.31. The summed E-state index contributed by atoms with van der Waals surface area (Å²) in [4.78, 5) is 10.9. The van der Waals surface area contributed by atoms with Crippen molar-refractivity contribution in [1.82, 2.24) is 0 Å². The molecule has 5 rings (SSSR count). The van der Waals surface area contributed by atoms with Gasteiger partial charge in [0, 0.05) is 29.0 Å². The summed E-state index contributed by atoms with van der Waals surface area (Å²) in [6.07, 6.45) is 5.39. The number of nitrogens with one attached hydrogen (secondary N) is 2. The molecule has 0 fully saturated rings. The molecule has 0 aromatic heterocycles. The Morgan fingerprint density at radius 3 is 2.67 bits per heavy atom. The fraction of sp³-hybridized carbons (Fsp3) is 0.167. The number of nitro groups is 1. The number of nitro benzene ring substituents is 1. The zero-order valence-electron chi connectivity index (χ0n) is 16.1. The number of hydrogen-bond acceptors (Lipinski definition) is 4. The minimum Gasteiger partial charge on any atom is -0.378 e. The Kier molecular flexibility index (Phi) is 4.68. The topological polar surface area (TPSA) is 67.2 Å². The van der Waals surface area contributed by atoms with E-state index in [0.717, 1.165) is 29.0 Å². The van der Waals surface area contributed by atoms with Crippen LogP contribution in [0.25, 0.3) is 0 Å². The highest BCUT2D eigenvalue weighted by Gasteiger charge is 2.38. The molecule has 6 heteroatoms. The molecule has 3 unspecified atom stereocenters. The summed E-state index contributed by atoms with van der Waals surface area (Å²) < 4.78 is 0. The Morgan fingerprint density at radius 2 is 1.87 bits per heavy atom. The van der Waals surface area contributed by atoms with Gasteiger partial charge in [-0.25, -0.2) is 0 Å². The van der Waals surface area contributed by atoms with Gasteiger partial charge in [0.15, 0.2) is 0 Å². The minimum atomic E-state index is -0.422. The van der Waals surface area contributed by atoms with Gasteiger partial charge in [0.05, 0.1) is 11.0 Å². The molecule has 1 aliphatic heterocycles. The van der Waals surface area contributed by atoms with Crippen molar-refractivity contribution in [2.45, 2.75) is 18.4 Å². The van der Waals surface area contributed by atoms with Crippen molar-refractivity contribution in [2.75, 3.05) is 10.6 Å². The lowest BCUT2D eigenvalue weighted by Gasteiger charge is -2.37. The van der Waals surface area contributed by atoms with E-state index >= 15 is 0 Å². The van der Waals surface area contributed by atoms with Gasteiger partial charge in [0.25, 0.3) is 5.69 Å². The molecule has 1 aliphatic carbocycles. The number of anilines is 3. The van der Waals surface area contributed by atoms with E-state index < -0.39 is 4.92 Å². The van der Waals surface area contributed by atoms with Crippen LogP contribution in [0.1, 0.15) is 29.5 Å². The number of nitrogens with zero attached hydrogens (tertiary/aromatic N) is 1. The van der Waals surface area contributed by atoms with Crippen molar-refractivity contribution in [1.29, 1.82) is 0 Å². The average Bonchev–Trinajstić information content (AvgIpc) is 3.25. The van der Waals surface area contributed by atoms with Crippen molar-refractivity contribution >= 4 is 34.4 Å². The van der Waals surface area contributed by atoms with Crippen LogP contribution in [0.4, 0.5) is 22.7 Å². The first-order valence-electron chi connectivity index (χ1n) is 9.93. The van der Waals surface area contributed by atoms with E-state index in [2.05, 4.69) is 41.0 Å². The lowest BCUT2D eigenvalue weighted by molar-refractivity contribution is -0.384. The molecule has 150 valence electrons. The van der Waals surface area contributed by atoms with E-state index in [4.69, 9.17) is 11.6 Å². The van der Waals surface area contributed by atoms with Crippen LogP contribution in [0.5, 0.6) is 0 Å². The summed E-state index contributed by atoms with van der Waals surface area (Å²) >= 11 is 6.03. The maximum atomic E-state index is 11.4. The molecule has 0 radical (unpaired) electrons. The van der Waals surface area contributed by atoms with Gasteiger partial charge in [-0.2, -0.15) is 0 Å². The zero-order valence-corrected chi connectivity index (χ0v) is 16.8. The number of hydrogen-bond donors (Lipinski definition) is 2. The van der Waals surface area contributed by atoms with Crippen molar-refractivity contribution in [3.05, 3.63) is 105 Å². The summed E-state index contributed by atoms with van der Waals surface area (Å²) in [5, 5.41) is 18.6. The molecule has 0 bridgehead atoms. The van der Waals surface area contributed by atoms with Crippen LogP contribution in [-0.4, -0.2) is 4.92 Å². The van der Waals surface area contributed by atoms with E-state index in [1.807, 2.05) is 36.4 Å². The second kappa shape index (κ2) is 7.50. The third-order valence-corrected chi connectivity index (χ3v) is 6.27. The standard InChI is InChI=1S/C24H20ClN3O2/c25-21-11-9-15(13-23(21)28(29)30)24-19-8-4-7-18(19)20-14-17(10-12-22(20)27-24)26-16-5-2-1-3-6-16/h1-7,9-14,18-19,24,26-27H,8H2. The van der Waals surface area contributed by atoms with Crippen LogP contribution in [0, 0.1) is 16.0 Å². The molecule has 2 N–H and O–H groups in total. The number of allylic oxidation sites excluding steroid dienone is 2. The summed E-state index contributed by atoms with van der Waals surface area (Å²) in [6.45, 7) is 0. The molecule has 0 spiro atoms. The number of fused-ring (bicyclic) bond motifs is 3. The molecule has 3 aromatic carbocycles. The molecule has 30 heavy (non-hydrogen) atoms. The number of benzene rings is 3. The van der Waals surface area contributed by atoms with Crippen molar-refractivity contribution in [3.63, 3.8) is 0 Å². The van der Waals surface area contributed by atoms with Gasteiger partial charge in [-0.05, 0) is 59.9 Å². The van der Waals surface area contributed by atoms with E-state index in [-0.39, 0.29) is 22.7 Å². The van der Waals surface area contributed by atoms with Crippen LogP contribution in [-0.2, 0) is 0 Å². The zero-order chi connectivity index (χ0) is 20.7. The Morgan fingerprint density at radius 1 is 1.03 bits per heavy atom.